The van der Waals surface area contributed by atoms with E-state index in [0.717, 1.165) is 24.9 Å². The molecule has 0 bridgehead atoms. The number of hydrogen-bond donors (Lipinski definition) is 3. The van der Waals surface area contributed by atoms with Gasteiger partial charge >= 0.3 is 0 Å². The van der Waals surface area contributed by atoms with Crippen LogP contribution in [0.25, 0.3) is 11.4 Å². The van der Waals surface area contributed by atoms with Crippen molar-refractivity contribution >= 4 is 47.4 Å². The zero-order valence-electron chi connectivity index (χ0n) is 16.3. The molecule has 1 amide bonds. The molecule has 0 saturated heterocycles. The van der Waals surface area contributed by atoms with E-state index in [4.69, 9.17) is 16.1 Å². The van der Waals surface area contributed by atoms with Gasteiger partial charge < -0.3 is 20.5 Å². The summed E-state index contributed by atoms with van der Waals surface area (Å²) in [6.45, 7) is 4.45. The maximum Gasteiger partial charge on any atom is 0.228 e. The summed E-state index contributed by atoms with van der Waals surface area (Å²) in [6.07, 6.45) is 2.56. The molecule has 3 N–H and O–H groups in total. The summed E-state index contributed by atoms with van der Waals surface area (Å²) in [7, 11) is 0. The van der Waals surface area contributed by atoms with Crippen LogP contribution in [0.3, 0.4) is 0 Å². The van der Waals surface area contributed by atoms with Gasteiger partial charge in [-0.15, -0.1) is 24.0 Å². The monoisotopic (exact) mass is 532 g/mol. The Morgan fingerprint density at radius 3 is 2.62 bits per heavy atom. The van der Waals surface area contributed by atoms with Crippen LogP contribution in [-0.2, 0) is 11.2 Å². The van der Waals surface area contributed by atoms with Gasteiger partial charge in [-0.05, 0) is 44.0 Å². The van der Waals surface area contributed by atoms with Crippen LogP contribution in [0.2, 0.25) is 5.02 Å². The third-order valence-electron chi connectivity index (χ3n) is 4.18. The first-order valence-electron chi connectivity index (χ1n) is 9.54. The van der Waals surface area contributed by atoms with Gasteiger partial charge in [0.2, 0.25) is 17.6 Å². The molecular formula is C19H26ClIN6O2. The summed E-state index contributed by atoms with van der Waals surface area (Å²) in [5.41, 5.74) is 0.853. The van der Waals surface area contributed by atoms with Crippen molar-refractivity contribution in [3.8, 4) is 11.4 Å². The lowest BCUT2D eigenvalue weighted by atomic mass is 10.2. The Balaban J connectivity index is 0.00000300. The summed E-state index contributed by atoms with van der Waals surface area (Å²) in [4.78, 5) is 20.5. The predicted molar refractivity (Wildman–Crippen MR) is 124 cm³/mol. The number of carbonyl (C=O) groups excluding carboxylic acids is 1. The van der Waals surface area contributed by atoms with Crippen molar-refractivity contribution in [2.75, 3.05) is 26.2 Å². The van der Waals surface area contributed by atoms with E-state index in [1.165, 1.54) is 0 Å². The molecule has 0 unspecified atom stereocenters. The molecule has 0 aliphatic heterocycles. The van der Waals surface area contributed by atoms with Crippen molar-refractivity contribution in [3.63, 3.8) is 0 Å². The van der Waals surface area contributed by atoms with Crippen molar-refractivity contribution in [2.24, 2.45) is 10.9 Å². The zero-order valence-corrected chi connectivity index (χ0v) is 19.4. The number of aliphatic imine (C=N–C) groups is 1. The molecule has 0 atom stereocenters. The van der Waals surface area contributed by atoms with Crippen LogP contribution in [0.15, 0.2) is 33.8 Å². The first-order valence-corrected chi connectivity index (χ1v) is 9.92. The van der Waals surface area contributed by atoms with Gasteiger partial charge in [-0.1, -0.05) is 16.8 Å². The molecular weight excluding hydrogens is 507 g/mol. The molecule has 0 spiro atoms. The predicted octanol–water partition coefficient (Wildman–Crippen LogP) is 2.63. The van der Waals surface area contributed by atoms with Gasteiger partial charge in [-0.25, -0.2) is 0 Å². The molecule has 1 heterocycles. The topological polar surface area (TPSA) is 104 Å². The van der Waals surface area contributed by atoms with Crippen LogP contribution < -0.4 is 16.0 Å². The fourth-order valence-corrected chi connectivity index (χ4v) is 2.66. The number of aromatic nitrogens is 2. The van der Waals surface area contributed by atoms with Crippen molar-refractivity contribution in [1.82, 2.24) is 26.1 Å². The van der Waals surface area contributed by atoms with E-state index >= 15 is 0 Å². The van der Waals surface area contributed by atoms with Crippen molar-refractivity contribution in [3.05, 3.63) is 35.2 Å². The molecule has 1 fully saturated rings. The molecule has 3 rings (SSSR count). The second-order valence-electron chi connectivity index (χ2n) is 6.52. The number of amides is 1. The highest BCUT2D eigenvalue weighted by molar-refractivity contribution is 14.0. The summed E-state index contributed by atoms with van der Waals surface area (Å²) < 4.78 is 5.29. The number of nitrogens with zero attached hydrogens (tertiary/aromatic N) is 3. The Kier molecular flexibility index (Phi) is 9.65. The summed E-state index contributed by atoms with van der Waals surface area (Å²) in [5, 5.41) is 14.0. The van der Waals surface area contributed by atoms with E-state index < -0.39 is 0 Å². The van der Waals surface area contributed by atoms with E-state index in [9.17, 15) is 4.79 Å². The Bertz CT molecular complexity index is 807. The van der Waals surface area contributed by atoms with Crippen LogP contribution in [0.5, 0.6) is 0 Å². The van der Waals surface area contributed by atoms with Gasteiger partial charge in [0.05, 0.1) is 6.54 Å². The molecule has 158 valence electrons. The van der Waals surface area contributed by atoms with Crippen molar-refractivity contribution in [1.29, 1.82) is 0 Å². The largest absolute Gasteiger partial charge is 0.357 e. The van der Waals surface area contributed by atoms with Gasteiger partial charge in [-0.2, -0.15) is 4.98 Å². The number of benzene rings is 1. The highest BCUT2D eigenvalue weighted by Crippen LogP contribution is 2.28. The minimum Gasteiger partial charge on any atom is -0.357 e. The minimum absolute atomic E-state index is 0. The standard InChI is InChI=1S/C19H25ClN6O2.HI/c1-2-21-19(24-12-11-22-18(27)14-3-4-14)23-10-9-16-25-17(26-28-16)13-5-7-15(20)8-6-13;/h5-8,14H,2-4,9-12H2,1H3,(H,22,27)(H2,21,23,24);1H. The Morgan fingerprint density at radius 1 is 1.21 bits per heavy atom. The highest BCUT2D eigenvalue weighted by Gasteiger charge is 2.28. The van der Waals surface area contributed by atoms with Gasteiger partial charge in [0, 0.05) is 42.6 Å². The van der Waals surface area contributed by atoms with E-state index in [0.29, 0.717) is 48.8 Å². The lowest BCUT2D eigenvalue weighted by Gasteiger charge is -2.11. The molecule has 1 saturated carbocycles. The van der Waals surface area contributed by atoms with Crippen LogP contribution in [-0.4, -0.2) is 48.2 Å². The first-order chi connectivity index (χ1) is 13.7. The van der Waals surface area contributed by atoms with Crippen molar-refractivity contribution in [2.45, 2.75) is 26.2 Å². The molecule has 29 heavy (non-hydrogen) atoms. The molecule has 1 aliphatic carbocycles. The fourth-order valence-electron chi connectivity index (χ4n) is 2.53. The first kappa shape index (κ1) is 23.4. The number of guanidine groups is 1. The normalized spacial score (nSPS) is 13.5. The van der Waals surface area contributed by atoms with Crippen LogP contribution >= 0.6 is 35.6 Å². The van der Waals surface area contributed by atoms with E-state index in [1.807, 2.05) is 19.1 Å². The summed E-state index contributed by atoms with van der Waals surface area (Å²) in [5.74, 6) is 2.14. The maximum absolute atomic E-state index is 11.6. The molecule has 1 aromatic carbocycles. The van der Waals surface area contributed by atoms with Gasteiger partial charge in [0.25, 0.3) is 0 Å². The Morgan fingerprint density at radius 2 is 1.93 bits per heavy atom. The second kappa shape index (κ2) is 12.0. The fraction of sp³-hybridized carbons (Fsp3) is 0.474. The SMILES string of the molecule is CCNC(=NCCc1nc(-c2ccc(Cl)cc2)no1)NCCNC(=O)C1CC1.I. The third-order valence-corrected chi connectivity index (χ3v) is 4.43. The third kappa shape index (κ3) is 7.81. The lowest BCUT2D eigenvalue weighted by Crippen LogP contribution is -2.41. The molecule has 10 heteroatoms. The average molecular weight is 533 g/mol. The van der Waals surface area contributed by atoms with Crippen LogP contribution in [0, 0.1) is 5.92 Å². The van der Waals surface area contributed by atoms with Gasteiger partial charge in [-0.3, -0.25) is 9.79 Å². The van der Waals surface area contributed by atoms with Crippen LogP contribution in [0.1, 0.15) is 25.7 Å². The van der Waals surface area contributed by atoms with E-state index in [2.05, 4.69) is 31.1 Å². The minimum atomic E-state index is 0. The Labute approximate surface area is 192 Å². The molecule has 2 aromatic rings. The molecule has 0 radical (unpaired) electrons. The molecule has 1 aromatic heterocycles. The summed E-state index contributed by atoms with van der Waals surface area (Å²) >= 11 is 5.89. The second-order valence-corrected chi connectivity index (χ2v) is 6.96. The molecule has 1 aliphatic rings. The van der Waals surface area contributed by atoms with Gasteiger partial charge in [0.1, 0.15) is 0 Å². The average Bonchev–Trinajstić information content (AvgIpc) is 3.45. The molecule has 8 nitrogen and oxygen atoms in total. The smallest absolute Gasteiger partial charge is 0.228 e. The maximum atomic E-state index is 11.6. The number of carbonyl (C=O) groups is 1. The van der Waals surface area contributed by atoms with Crippen molar-refractivity contribution < 1.29 is 9.32 Å². The van der Waals surface area contributed by atoms with Crippen LogP contribution in [0.4, 0.5) is 0 Å². The Hall–Kier alpha value is -1.88. The lowest BCUT2D eigenvalue weighted by molar-refractivity contribution is -0.122. The number of hydrogen-bond acceptors (Lipinski definition) is 5. The number of nitrogens with one attached hydrogen (secondary N) is 3. The van der Waals surface area contributed by atoms with Gasteiger partial charge in [0.15, 0.2) is 5.96 Å². The number of rotatable bonds is 9. The summed E-state index contributed by atoms with van der Waals surface area (Å²) in [6, 6.07) is 7.28. The number of halogens is 2. The van der Waals surface area contributed by atoms with E-state index in [-0.39, 0.29) is 35.8 Å². The highest BCUT2D eigenvalue weighted by atomic mass is 127. The zero-order chi connectivity index (χ0) is 19.8. The van der Waals surface area contributed by atoms with E-state index in [1.54, 1.807) is 12.1 Å². The quantitative estimate of drug-likeness (QED) is 0.199.